The molecular formula is C5H8BrClO. The third-order valence-electron chi connectivity index (χ3n) is 0.804. The van der Waals surface area contributed by atoms with Crippen LogP contribution in [0.3, 0.4) is 0 Å². The lowest BCUT2D eigenvalue weighted by atomic mass is 10.2. The highest BCUT2D eigenvalue weighted by atomic mass is 79.9. The number of hydrogen-bond acceptors (Lipinski definition) is 1. The zero-order chi connectivity index (χ0) is 6.57. The number of rotatable bonds is 3. The molecule has 0 saturated heterocycles. The molecule has 0 aromatic carbocycles. The van der Waals surface area contributed by atoms with Gasteiger partial charge in [-0.15, -0.1) is 11.6 Å². The van der Waals surface area contributed by atoms with Crippen LogP contribution in [0.1, 0.15) is 13.3 Å². The molecule has 0 heterocycles. The molecule has 0 aromatic heterocycles. The number of ketones is 1. The van der Waals surface area contributed by atoms with Gasteiger partial charge >= 0.3 is 0 Å². The lowest BCUT2D eigenvalue weighted by molar-refractivity contribution is -0.116. The highest BCUT2D eigenvalue weighted by Crippen LogP contribution is 2.06. The van der Waals surface area contributed by atoms with Crippen LogP contribution in [-0.2, 0) is 4.79 Å². The van der Waals surface area contributed by atoms with Crippen molar-refractivity contribution in [2.24, 2.45) is 0 Å². The molecule has 0 radical (unpaired) electrons. The highest BCUT2D eigenvalue weighted by molar-refractivity contribution is 9.10. The second kappa shape index (κ2) is 4.33. The molecule has 0 aliphatic carbocycles. The predicted octanol–water partition coefficient (Wildman–Crippen LogP) is 1.97. The third-order valence-corrected chi connectivity index (χ3v) is 2.12. The summed E-state index contributed by atoms with van der Waals surface area (Å²) in [5.74, 6) is 0.681. The first-order valence-corrected chi connectivity index (χ1v) is 3.84. The first kappa shape index (κ1) is 8.44. The first-order chi connectivity index (χ1) is 3.68. The standard InChI is InChI=1S/C5H8BrClO/c1-4(8)5(6)2-3-7/h5H,2-3H2,1H3. The second-order valence-corrected chi connectivity index (χ2v) is 3.04. The lowest BCUT2D eigenvalue weighted by Crippen LogP contribution is -2.09. The molecule has 0 N–H and O–H groups in total. The van der Waals surface area contributed by atoms with Gasteiger partial charge in [0.15, 0.2) is 0 Å². The molecule has 0 fully saturated rings. The molecule has 0 aromatic rings. The van der Waals surface area contributed by atoms with E-state index in [1.54, 1.807) is 6.92 Å². The second-order valence-electron chi connectivity index (χ2n) is 1.56. The molecular weight excluding hydrogens is 191 g/mol. The van der Waals surface area contributed by atoms with E-state index < -0.39 is 0 Å². The van der Waals surface area contributed by atoms with Gasteiger partial charge in [-0.3, -0.25) is 4.79 Å². The largest absolute Gasteiger partial charge is 0.299 e. The SMILES string of the molecule is CC(=O)C(Br)CCCl. The van der Waals surface area contributed by atoms with Gasteiger partial charge in [0.25, 0.3) is 0 Å². The molecule has 0 aliphatic heterocycles. The summed E-state index contributed by atoms with van der Waals surface area (Å²) in [7, 11) is 0. The molecule has 1 nitrogen and oxygen atoms in total. The van der Waals surface area contributed by atoms with Crippen molar-refractivity contribution in [1.82, 2.24) is 0 Å². The van der Waals surface area contributed by atoms with Crippen molar-refractivity contribution in [2.75, 3.05) is 5.88 Å². The van der Waals surface area contributed by atoms with E-state index >= 15 is 0 Å². The lowest BCUT2D eigenvalue weighted by Gasteiger charge is -1.98. The number of carbonyl (C=O) groups is 1. The van der Waals surface area contributed by atoms with Gasteiger partial charge in [-0.2, -0.15) is 0 Å². The van der Waals surface area contributed by atoms with Gasteiger partial charge in [-0.25, -0.2) is 0 Å². The van der Waals surface area contributed by atoms with Crippen molar-refractivity contribution in [1.29, 1.82) is 0 Å². The van der Waals surface area contributed by atoms with Gasteiger partial charge in [0.05, 0.1) is 4.83 Å². The molecule has 1 atom stereocenters. The summed E-state index contributed by atoms with van der Waals surface area (Å²) in [5, 5.41) is 0. The van der Waals surface area contributed by atoms with Crippen LogP contribution in [-0.4, -0.2) is 16.5 Å². The minimum Gasteiger partial charge on any atom is -0.299 e. The Bertz CT molecular complexity index is 84.5. The van der Waals surface area contributed by atoms with Crippen LogP contribution in [0.4, 0.5) is 0 Å². The van der Waals surface area contributed by atoms with E-state index in [1.165, 1.54) is 0 Å². The van der Waals surface area contributed by atoms with Crippen LogP contribution in [0.5, 0.6) is 0 Å². The van der Waals surface area contributed by atoms with Gasteiger partial charge in [-0.1, -0.05) is 15.9 Å². The Morgan fingerprint density at radius 2 is 2.38 bits per heavy atom. The number of alkyl halides is 2. The minimum absolute atomic E-state index is 0.0417. The smallest absolute Gasteiger partial charge is 0.143 e. The molecule has 0 saturated carbocycles. The van der Waals surface area contributed by atoms with Gasteiger partial charge < -0.3 is 0 Å². The number of hydrogen-bond donors (Lipinski definition) is 0. The van der Waals surface area contributed by atoms with Crippen molar-refractivity contribution in [3.8, 4) is 0 Å². The fraction of sp³-hybridized carbons (Fsp3) is 0.800. The molecule has 48 valence electrons. The molecule has 0 rings (SSSR count). The summed E-state index contributed by atoms with van der Waals surface area (Å²) in [4.78, 5) is 10.4. The molecule has 0 aliphatic rings. The minimum atomic E-state index is -0.0417. The van der Waals surface area contributed by atoms with Gasteiger partial charge in [0.1, 0.15) is 5.78 Å². The van der Waals surface area contributed by atoms with E-state index in [0.29, 0.717) is 5.88 Å². The molecule has 0 bridgehead atoms. The van der Waals surface area contributed by atoms with Crippen LogP contribution in [0.2, 0.25) is 0 Å². The number of halogens is 2. The van der Waals surface area contributed by atoms with E-state index in [-0.39, 0.29) is 10.6 Å². The van der Waals surface area contributed by atoms with E-state index in [1.807, 2.05) is 0 Å². The molecule has 0 spiro atoms. The summed E-state index contributed by atoms with van der Waals surface area (Å²) in [6, 6.07) is 0. The maximum atomic E-state index is 10.4. The zero-order valence-electron chi connectivity index (χ0n) is 4.66. The van der Waals surface area contributed by atoms with Gasteiger partial charge in [0, 0.05) is 5.88 Å². The van der Waals surface area contributed by atoms with Crippen molar-refractivity contribution in [3.63, 3.8) is 0 Å². The van der Waals surface area contributed by atoms with Gasteiger partial charge in [0.2, 0.25) is 0 Å². The zero-order valence-corrected chi connectivity index (χ0v) is 7.00. The summed E-state index contributed by atoms with van der Waals surface area (Å²) in [6.07, 6.45) is 0.719. The normalized spacial score (nSPS) is 13.4. The number of Topliss-reactive ketones (excluding diaryl/α,β-unsaturated/α-hetero) is 1. The van der Waals surface area contributed by atoms with E-state index in [0.717, 1.165) is 6.42 Å². The Labute approximate surface area is 62.5 Å². The first-order valence-electron chi connectivity index (χ1n) is 2.39. The number of carbonyl (C=O) groups excluding carboxylic acids is 1. The van der Waals surface area contributed by atoms with Crippen molar-refractivity contribution in [3.05, 3.63) is 0 Å². The Morgan fingerprint density at radius 3 is 2.50 bits per heavy atom. The van der Waals surface area contributed by atoms with Crippen LogP contribution in [0.15, 0.2) is 0 Å². The summed E-state index contributed by atoms with van der Waals surface area (Å²) >= 11 is 8.53. The van der Waals surface area contributed by atoms with Crippen LogP contribution < -0.4 is 0 Å². The van der Waals surface area contributed by atoms with E-state index in [9.17, 15) is 4.79 Å². The molecule has 1 unspecified atom stereocenters. The van der Waals surface area contributed by atoms with E-state index in [2.05, 4.69) is 15.9 Å². The monoisotopic (exact) mass is 198 g/mol. The Hall–Kier alpha value is 0.440. The molecule has 8 heavy (non-hydrogen) atoms. The van der Waals surface area contributed by atoms with E-state index in [4.69, 9.17) is 11.6 Å². The highest BCUT2D eigenvalue weighted by Gasteiger charge is 2.06. The van der Waals surface area contributed by atoms with Crippen molar-refractivity contribution < 1.29 is 4.79 Å². The van der Waals surface area contributed by atoms with Crippen LogP contribution in [0.25, 0.3) is 0 Å². The summed E-state index contributed by atoms with van der Waals surface area (Å²) < 4.78 is 0. The topological polar surface area (TPSA) is 17.1 Å². The maximum Gasteiger partial charge on any atom is 0.143 e. The maximum absolute atomic E-state index is 10.4. The Morgan fingerprint density at radius 1 is 1.88 bits per heavy atom. The third kappa shape index (κ3) is 3.44. The van der Waals surface area contributed by atoms with Crippen molar-refractivity contribution in [2.45, 2.75) is 18.2 Å². The van der Waals surface area contributed by atoms with Crippen LogP contribution >= 0.6 is 27.5 Å². The fourth-order valence-electron chi connectivity index (χ4n) is 0.299. The van der Waals surface area contributed by atoms with Crippen LogP contribution in [0, 0.1) is 0 Å². The van der Waals surface area contributed by atoms with Crippen molar-refractivity contribution >= 4 is 33.3 Å². The summed E-state index contributed by atoms with van der Waals surface area (Å²) in [6.45, 7) is 1.55. The average Bonchev–Trinajstić information content (AvgIpc) is 1.67. The van der Waals surface area contributed by atoms with Gasteiger partial charge in [-0.05, 0) is 13.3 Å². The quantitative estimate of drug-likeness (QED) is 0.635. The predicted molar refractivity (Wildman–Crippen MR) is 38.7 cm³/mol. The Kier molecular flexibility index (Phi) is 4.57. The Balaban J connectivity index is 3.32. The molecule has 0 amide bonds. The fourth-order valence-corrected chi connectivity index (χ4v) is 1.01. The molecule has 3 heteroatoms. The average molecular weight is 199 g/mol. The summed E-state index contributed by atoms with van der Waals surface area (Å²) in [5.41, 5.74) is 0.